The normalized spacial score (nSPS) is 11.6. The molecule has 0 unspecified atom stereocenters. The van der Waals surface area contributed by atoms with Crippen LogP contribution in [0.5, 0.6) is 5.75 Å². The Hall–Kier alpha value is -0.930. The van der Waals surface area contributed by atoms with Crippen molar-refractivity contribution < 1.29 is 13.2 Å². The minimum absolute atomic E-state index is 0.106. The monoisotopic (exact) mass is 390 g/mol. The van der Waals surface area contributed by atoms with Crippen LogP contribution in [0.15, 0.2) is 39.0 Å². The third-order valence-corrected chi connectivity index (χ3v) is 6.23. The van der Waals surface area contributed by atoms with E-state index in [1.807, 2.05) is 11.4 Å². The van der Waals surface area contributed by atoms with E-state index in [-0.39, 0.29) is 17.2 Å². The Morgan fingerprint density at radius 3 is 2.71 bits per heavy atom. The van der Waals surface area contributed by atoms with Gasteiger partial charge in [0.25, 0.3) is 0 Å². The summed E-state index contributed by atoms with van der Waals surface area (Å²) in [6, 6.07) is 6.70. The number of nitrogens with two attached hydrogens (primary N) is 1. The minimum atomic E-state index is -3.65. The van der Waals surface area contributed by atoms with Crippen LogP contribution in [0.25, 0.3) is 0 Å². The summed E-state index contributed by atoms with van der Waals surface area (Å²) < 4.78 is 33.4. The van der Waals surface area contributed by atoms with E-state index < -0.39 is 10.0 Å². The lowest BCUT2D eigenvalue weighted by Gasteiger charge is -2.11. The van der Waals surface area contributed by atoms with Crippen LogP contribution in [0.1, 0.15) is 10.4 Å². The number of ether oxygens (including phenoxy) is 1. The van der Waals surface area contributed by atoms with Crippen LogP contribution in [-0.2, 0) is 23.1 Å². The third-order valence-electron chi connectivity index (χ3n) is 2.87. The van der Waals surface area contributed by atoms with Crippen LogP contribution in [0.2, 0.25) is 0 Å². The van der Waals surface area contributed by atoms with E-state index in [0.717, 1.165) is 14.9 Å². The summed E-state index contributed by atoms with van der Waals surface area (Å²) in [7, 11) is -2.22. The Bertz CT molecular complexity index is 729. The molecule has 0 atom stereocenters. The molecule has 114 valence electrons. The second-order valence-electron chi connectivity index (χ2n) is 4.21. The Morgan fingerprint density at radius 1 is 1.38 bits per heavy atom. The average Bonchev–Trinajstić information content (AvgIpc) is 2.89. The third kappa shape index (κ3) is 3.83. The van der Waals surface area contributed by atoms with E-state index in [4.69, 9.17) is 10.5 Å². The smallest absolute Gasteiger partial charge is 0.244 e. The maximum atomic E-state index is 12.4. The fourth-order valence-electron chi connectivity index (χ4n) is 1.75. The van der Waals surface area contributed by atoms with Crippen molar-refractivity contribution in [1.29, 1.82) is 0 Å². The second-order valence-corrected chi connectivity index (χ2v) is 7.80. The largest absolute Gasteiger partial charge is 0.495 e. The van der Waals surface area contributed by atoms with E-state index in [1.165, 1.54) is 24.5 Å². The van der Waals surface area contributed by atoms with Gasteiger partial charge >= 0.3 is 0 Å². The molecule has 0 spiro atoms. The average molecular weight is 391 g/mol. The Morgan fingerprint density at radius 2 is 2.14 bits per heavy atom. The maximum absolute atomic E-state index is 12.4. The van der Waals surface area contributed by atoms with Gasteiger partial charge in [-0.1, -0.05) is 6.07 Å². The molecule has 8 heteroatoms. The highest BCUT2D eigenvalue weighted by atomic mass is 79.9. The molecule has 2 rings (SSSR count). The van der Waals surface area contributed by atoms with Crippen molar-refractivity contribution in [2.75, 3.05) is 7.11 Å². The number of rotatable bonds is 6. The molecule has 0 aliphatic carbocycles. The summed E-state index contributed by atoms with van der Waals surface area (Å²) >= 11 is 4.85. The lowest BCUT2D eigenvalue weighted by atomic mass is 10.2. The molecule has 0 aliphatic rings. The zero-order valence-corrected chi connectivity index (χ0v) is 14.5. The van der Waals surface area contributed by atoms with Crippen LogP contribution in [-0.4, -0.2) is 15.5 Å². The molecule has 1 aromatic carbocycles. The molecule has 1 aromatic heterocycles. The lowest BCUT2D eigenvalue weighted by Crippen LogP contribution is -2.23. The van der Waals surface area contributed by atoms with E-state index in [1.54, 1.807) is 12.1 Å². The summed E-state index contributed by atoms with van der Waals surface area (Å²) in [5.41, 5.74) is 6.36. The summed E-state index contributed by atoms with van der Waals surface area (Å²) in [6.07, 6.45) is 0. The Balaban J connectivity index is 2.25. The van der Waals surface area contributed by atoms with Gasteiger partial charge in [-0.3, -0.25) is 0 Å². The van der Waals surface area contributed by atoms with Crippen molar-refractivity contribution in [2.45, 2.75) is 18.0 Å². The van der Waals surface area contributed by atoms with Crippen molar-refractivity contribution in [3.8, 4) is 5.75 Å². The van der Waals surface area contributed by atoms with E-state index >= 15 is 0 Å². The van der Waals surface area contributed by atoms with E-state index in [0.29, 0.717) is 6.54 Å². The van der Waals surface area contributed by atoms with Crippen molar-refractivity contribution in [2.24, 2.45) is 5.73 Å². The van der Waals surface area contributed by atoms with E-state index in [9.17, 15) is 8.42 Å². The standard InChI is InChI=1S/C13H15BrN2O3S2/c1-19-11-6-9(7-15)2-3-13(11)21(17,18)16-8-12-10(14)4-5-20-12/h2-6,16H,7-8,15H2,1H3. The zero-order valence-electron chi connectivity index (χ0n) is 11.3. The summed E-state index contributed by atoms with van der Waals surface area (Å²) in [6.45, 7) is 0.550. The summed E-state index contributed by atoms with van der Waals surface area (Å²) in [5.74, 6) is 0.288. The van der Waals surface area contributed by atoms with Crippen LogP contribution >= 0.6 is 27.3 Å². The van der Waals surface area contributed by atoms with Crippen molar-refractivity contribution >= 4 is 37.3 Å². The first-order valence-corrected chi connectivity index (χ1v) is 9.22. The fourth-order valence-corrected chi connectivity index (χ4v) is 4.42. The number of halogens is 1. The van der Waals surface area contributed by atoms with Crippen molar-refractivity contribution in [3.05, 3.63) is 44.6 Å². The molecule has 0 bridgehead atoms. The number of nitrogens with one attached hydrogen (secondary N) is 1. The molecule has 0 saturated heterocycles. The number of thiophene rings is 1. The maximum Gasteiger partial charge on any atom is 0.244 e. The van der Waals surface area contributed by atoms with Crippen molar-refractivity contribution in [1.82, 2.24) is 4.72 Å². The molecular formula is C13H15BrN2O3S2. The van der Waals surface area contributed by atoms with Gasteiger partial charge in [0.1, 0.15) is 10.6 Å². The van der Waals surface area contributed by atoms with E-state index in [2.05, 4.69) is 20.7 Å². The van der Waals surface area contributed by atoms with Gasteiger partial charge in [0.05, 0.1) is 7.11 Å². The van der Waals surface area contributed by atoms with Gasteiger partial charge < -0.3 is 10.5 Å². The summed E-state index contributed by atoms with van der Waals surface area (Å²) in [5, 5.41) is 1.89. The van der Waals surface area contributed by atoms with Gasteiger partial charge in [0.2, 0.25) is 10.0 Å². The highest BCUT2D eigenvalue weighted by molar-refractivity contribution is 9.10. The van der Waals surface area contributed by atoms with Crippen LogP contribution in [0.3, 0.4) is 0 Å². The number of sulfonamides is 1. The van der Waals surface area contributed by atoms with Gasteiger partial charge in [0, 0.05) is 22.4 Å². The molecule has 2 aromatic rings. The van der Waals surface area contributed by atoms with Gasteiger partial charge in [0.15, 0.2) is 0 Å². The highest BCUT2D eigenvalue weighted by Gasteiger charge is 2.20. The fraction of sp³-hybridized carbons (Fsp3) is 0.231. The highest BCUT2D eigenvalue weighted by Crippen LogP contribution is 2.26. The van der Waals surface area contributed by atoms with Crippen LogP contribution in [0, 0.1) is 0 Å². The topological polar surface area (TPSA) is 81.4 Å². The molecule has 5 nitrogen and oxygen atoms in total. The zero-order chi connectivity index (χ0) is 15.5. The molecule has 1 heterocycles. The first kappa shape index (κ1) is 16.4. The SMILES string of the molecule is COc1cc(CN)ccc1S(=O)(=O)NCc1sccc1Br. The molecule has 0 radical (unpaired) electrons. The molecular weight excluding hydrogens is 376 g/mol. The minimum Gasteiger partial charge on any atom is -0.495 e. The molecule has 0 saturated carbocycles. The second kappa shape index (κ2) is 6.89. The number of hydrogen-bond acceptors (Lipinski definition) is 5. The molecule has 0 aliphatic heterocycles. The predicted molar refractivity (Wildman–Crippen MR) is 86.9 cm³/mol. The molecule has 3 N–H and O–H groups in total. The molecule has 0 amide bonds. The van der Waals surface area contributed by atoms with Gasteiger partial charge in [-0.2, -0.15) is 0 Å². The van der Waals surface area contributed by atoms with Gasteiger partial charge in [-0.25, -0.2) is 13.1 Å². The van der Waals surface area contributed by atoms with Gasteiger partial charge in [-0.15, -0.1) is 11.3 Å². The number of methoxy groups -OCH3 is 1. The number of benzene rings is 1. The first-order chi connectivity index (χ1) is 9.97. The molecule has 21 heavy (non-hydrogen) atoms. The lowest BCUT2D eigenvalue weighted by molar-refractivity contribution is 0.401. The van der Waals surface area contributed by atoms with Crippen molar-refractivity contribution in [3.63, 3.8) is 0 Å². The molecule has 0 fully saturated rings. The quantitative estimate of drug-likeness (QED) is 0.793. The predicted octanol–water partition coefficient (Wildman–Crippen LogP) is 2.46. The Labute approximate surface area is 136 Å². The van der Waals surface area contributed by atoms with Crippen LogP contribution in [0.4, 0.5) is 0 Å². The Kier molecular flexibility index (Phi) is 5.39. The first-order valence-electron chi connectivity index (χ1n) is 6.06. The summed E-state index contributed by atoms with van der Waals surface area (Å²) in [4.78, 5) is 1.02. The van der Waals surface area contributed by atoms with Gasteiger partial charge in [-0.05, 0) is 45.1 Å². The van der Waals surface area contributed by atoms with Crippen LogP contribution < -0.4 is 15.2 Å². The number of hydrogen-bond donors (Lipinski definition) is 2.